The van der Waals surface area contributed by atoms with Crippen LogP contribution >= 0.6 is 12.6 Å². The van der Waals surface area contributed by atoms with Crippen LogP contribution in [0.15, 0.2) is 23.2 Å². The third kappa shape index (κ3) is 3.33. The molecule has 1 heterocycles. The van der Waals surface area contributed by atoms with Gasteiger partial charge in [-0.2, -0.15) is 0 Å². The molecule has 1 saturated carbocycles. The number of thiol groups is 1. The van der Waals surface area contributed by atoms with E-state index in [0.29, 0.717) is 5.92 Å². The third-order valence-corrected chi connectivity index (χ3v) is 4.58. The van der Waals surface area contributed by atoms with E-state index in [4.69, 9.17) is 4.74 Å². The summed E-state index contributed by atoms with van der Waals surface area (Å²) in [5, 5.41) is 3.36. The van der Waals surface area contributed by atoms with Gasteiger partial charge in [-0.3, -0.25) is 9.78 Å². The number of carbonyl (C=O) groups excluding carboxylic acids is 1. The van der Waals surface area contributed by atoms with E-state index in [9.17, 15) is 4.79 Å². The molecule has 1 N–H and O–H groups in total. The molecule has 2 rings (SSSR count). The van der Waals surface area contributed by atoms with Gasteiger partial charge >= 0.3 is 5.97 Å². The molecule has 0 aliphatic heterocycles. The molecule has 1 fully saturated rings. The van der Waals surface area contributed by atoms with Crippen molar-refractivity contribution in [2.45, 2.75) is 36.6 Å². The van der Waals surface area contributed by atoms with Gasteiger partial charge in [-0.15, -0.1) is 12.6 Å². The lowest BCUT2D eigenvalue weighted by molar-refractivity contribution is -0.146. The average Bonchev–Trinajstić information content (AvgIpc) is 2.50. The second-order valence-electron chi connectivity index (χ2n) is 5.31. The second-order valence-corrected chi connectivity index (χ2v) is 5.79. The molecule has 20 heavy (non-hydrogen) atoms. The molecule has 1 unspecified atom stereocenters. The number of nitrogens with one attached hydrogen (secondary N) is 1. The molecule has 0 bridgehead atoms. The van der Waals surface area contributed by atoms with E-state index in [2.05, 4.69) is 22.9 Å². The molecule has 0 aromatic carbocycles. The van der Waals surface area contributed by atoms with Crippen LogP contribution in [0.1, 0.15) is 37.4 Å². The van der Waals surface area contributed by atoms with Crippen molar-refractivity contribution < 1.29 is 9.53 Å². The lowest BCUT2D eigenvalue weighted by Gasteiger charge is -2.33. The van der Waals surface area contributed by atoms with Gasteiger partial charge in [-0.1, -0.05) is 0 Å². The first-order chi connectivity index (χ1) is 9.67. The van der Waals surface area contributed by atoms with Crippen LogP contribution in [0.5, 0.6) is 0 Å². The summed E-state index contributed by atoms with van der Waals surface area (Å²) in [5.41, 5.74) is 1.000. The van der Waals surface area contributed by atoms with E-state index >= 15 is 0 Å². The number of esters is 1. The smallest absolute Gasteiger partial charge is 0.308 e. The van der Waals surface area contributed by atoms with Gasteiger partial charge in [0.2, 0.25) is 0 Å². The molecule has 4 nitrogen and oxygen atoms in total. The van der Waals surface area contributed by atoms with E-state index in [1.54, 1.807) is 6.20 Å². The summed E-state index contributed by atoms with van der Waals surface area (Å²) in [5.74, 6) is 0.479. The maximum atomic E-state index is 11.6. The minimum atomic E-state index is -0.0721. The highest BCUT2D eigenvalue weighted by Crippen LogP contribution is 2.37. The summed E-state index contributed by atoms with van der Waals surface area (Å²) >= 11 is 4.50. The first-order valence-corrected chi connectivity index (χ1v) is 7.51. The van der Waals surface area contributed by atoms with Crippen molar-refractivity contribution in [3.63, 3.8) is 0 Å². The number of carbonyl (C=O) groups is 1. The maximum absolute atomic E-state index is 11.6. The van der Waals surface area contributed by atoms with E-state index in [-0.39, 0.29) is 17.9 Å². The van der Waals surface area contributed by atoms with Gasteiger partial charge < -0.3 is 10.1 Å². The van der Waals surface area contributed by atoms with Crippen LogP contribution in [0.25, 0.3) is 0 Å². The molecular weight excluding hydrogens is 272 g/mol. The van der Waals surface area contributed by atoms with Crippen molar-refractivity contribution in [3.8, 4) is 0 Å². The van der Waals surface area contributed by atoms with Gasteiger partial charge in [0.05, 0.1) is 24.8 Å². The fourth-order valence-corrected chi connectivity index (χ4v) is 3.38. The van der Waals surface area contributed by atoms with Crippen LogP contribution in [0, 0.1) is 11.8 Å². The zero-order valence-corrected chi connectivity index (χ0v) is 12.9. The summed E-state index contributed by atoms with van der Waals surface area (Å²) in [6.07, 6.45) is 5.61. The Hall–Kier alpha value is -1.07. The van der Waals surface area contributed by atoms with E-state index in [0.717, 1.165) is 36.3 Å². The summed E-state index contributed by atoms with van der Waals surface area (Å²) in [6.45, 7) is 0. The Labute approximate surface area is 125 Å². The zero-order chi connectivity index (χ0) is 14.5. The minimum Gasteiger partial charge on any atom is -0.469 e. The monoisotopic (exact) mass is 294 g/mol. The van der Waals surface area contributed by atoms with Crippen LogP contribution in [0.3, 0.4) is 0 Å². The first-order valence-electron chi connectivity index (χ1n) is 7.06. The van der Waals surface area contributed by atoms with Crippen LogP contribution in [0.4, 0.5) is 0 Å². The molecule has 110 valence electrons. The number of pyridine rings is 1. The predicted octanol–water partition coefficient (Wildman–Crippen LogP) is 2.61. The van der Waals surface area contributed by atoms with Gasteiger partial charge in [0.1, 0.15) is 0 Å². The molecule has 0 spiro atoms. The first kappa shape index (κ1) is 15.3. The van der Waals surface area contributed by atoms with E-state index in [1.165, 1.54) is 7.11 Å². The Kier molecular flexibility index (Phi) is 5.43. The largest absolute Gasteiger partial charge is 0.469 e. The molecule has 1 aliphatic rings. The highest BCUT2D eigenvalue weighted by atomic mass is 32.1. The summed E-state index contributed by atoms with van der Waals surface area (Å²) in [4.78, 5) is 17.0. The molecule has 0 radical (unpaired) electrons. The van der Waals surface area contributed by atoms with Gasteiger partial charge in [0.15, 0.2) is 0 Å². The van der Waals surface area contributed by atoms with Crippen molar-refractivity contribution in [1.29, 1.82) is 0 Å². The van der Waals surface area contributed by atoms with Crippen molar-refractivity contribution in [2.75, 3.05) is 14.2 Å². The zero-order valence-electron chi connectivity index (χ0n) is 12.0. The van der Waals surface area contributed by atoms with E-state index < -0.39 is 0 Å². The number of ether oxygens (including phenoxy) is 1. The fraction of sp³-hybridized carbons (Fsp3) is 0.600. The Morgan fingerprint density at radius 3 is 2.70 bits per heavy atom. The summed E-state index contributed by atoms with van der Waals surface area (Å²) in [6, 6.07) is 4.06. The van der Waals surface area contributed by atoms with Gasteiger partial charge in [0.25, 0.3) is 0 Å². The Bertz CT molecular complexity index is 459. The van der Waals surface area contributed by atoms with Gasteiger partial charge in [0, 0.05) is 11.1 Å². The van der Waals surface area contributed by atoms with Crippen molar-refractivity contribution in [1.82, 2.24) is 10.3 Å². The highest BCUT2D eigenvalue weighted by Gasteiger charge is 2.32. The van der Waals surface area contributed by atoms with Gasteiger partial charge in [-0.25, -0.2) is 0 Å². The van der Waals surface area contributed by atoms with Crippen molar-refractivity contribution in [3.05, 3.63) is 24.0 Å². The predicted molar refractivity (Wildman–Crippen MR) is 80.8 cm³/mol. The molecule has 1 aromatic heterocycles. The normalized spacial score (nSPS) is 24.1. The summed E-state index contributed by atoms with van der Waals surface area (Å²) in [7, 11) is 3.42. The third-order valence-electron chi connectivity index (χ3n) is 4.20. The Morgan fingerprint density at radius 1 is 1.45 bits per heavy atom. The number of hydrogen-bond donors (Lipinski definition) is 2. The van der Waals surface area contributed by atoms with Crippen LogP contribution in [0.2, 0.25) is 0 Å². The average molecular weight is 294 g/mol. The number of hydrogen-bond acceptors (Lipinski definition) is 5. The van der Waals surface area contributed by atoms with E-state index in [1.807, 2.05) is 19.2 Å². The molecule has 1 aliphatic carbocycles. The van der Waals surface area contributed by atoms with Gasteiger partial charge in [-0.05, 0) is 50.8 Å². The summed E-state index contributed by atoms with van der Waals surface area (Å²) < 4.78 is 4.84. The molecule has 0 amide bonds. The van der Waals surface area contributed by atoms with Crippen LogP contribution in [-0.4, -0.2) is 25.1 Å². The molecular formula is C15H22N2O2S. The Balaban J connectivity index is 2.04. The molecule has 1 aromatic rings. The standard InChI is InChI=1S/C15H22N2O2S/c1-16-13(14-12(20)4-3-9-17-14)10-5-7-11(8-6-10)15(18)19-2/h3-4,9-11,13,16,20H,5-8H2,1-2H3. The minimum absolute atomic E-state index is 0.0629. The number of aromatic nitrogens is 1. The Morgan fingerprint density at radius 2 is 2.15 bits per heavy atom. The lowest BCUT2D eigenvalue weighted by atomic mass is 9.77. The molecule has 0 saturated heterocycles. The SMILES string of the molecule is CNC(c1ncccc1S)C1CCC(C(=O)OC)CC1. The molecule has 1 atom stereocenters. The van der Waals surface area contributed by atoms with Crippen molar-refractivity contribution >= 4 is 18.6 Å². The van der Waals surface area contributed by atoms with Crippen LogP contribution in [-0.2, 0) is 9.53 Å². The molecule has 5 heteroatoms. The topological polar surface area (TPSA) is 51.2 Å². The highest BCUT2D eigenvalue weighted by molar-refractivity contribution is 7.80. The van der Waals surface area contributed by atoms with Crippen molar-refractivity contribution in [2.24, 2.45) is 11.8 Å². The number of rotatable bonds is 4. The second kappa shape index (κ2) is 7.09. The van der Waals surface area contributed by atoms with Crippen LogP contribution < -0.4 is 5.32 Å². The fourth-order valence-electron chi connectivity index (χ4n) is 3.10. The lowest BCUT2D eigenvalue weighted by Crippen LogP contribution is -2.31. The maximum Gasteiger partial charge on any atom is 0.308 e. The number of nitrogens with zero attached hydrogens (tertiary/aromatic N) is 1. The quantitative estimate of drug-likeness (QED) is 0.662. The number of methoxy groups -OCH3 is 1.